The first kappa shape index (κ1) is 35.1. The first-order chi connectivity index (χ1) is 21.9. The number of nitrogens with zero attached hydrogens (tertiary/aromatic N) is 5. The zero-order valence-corrected chi connectivity index (χ0v) is 29.7. The lowest BCUT2D eigenvalue weighted by Gasteiger charge is -2.47. The van der Waals surface area contributed by atoms with Gasteiger partial charge < -0.3 is 10.0 Å². The van der Waals surface area contributed by atoms with E-state index >= 15 is 0 Å². The molecule has 10 nitrogen and oxygen atoms in total. The number of aromatic hydroxyl groups is 1. The van der Waals surface area contributed by atoms with Crippen molar-refractivity contribution in [2.24, 2.45) is 10.1 Å². The fraction of sp³-hybridized carbons (Fsp3) is 0.441. The molecule has 0 unspecified atom stereocenters. The van der Waals surface area contributed by atoms with Crippen LogP contribution in [-0.2, 0) is 26.5 Å². The Morgan fingerprint density at radius 1 is 0.957 bits per heavy atom. The molecule has 5 rings (SSSR count). The van der Waals surface area contributed by atoms with E-state index in [4.69, 9.17) is 38.3 Å². The van der Waals surface area contributed by atoms with Crippen molar-refractivity contribution in [1.82, 2.24) is 19.7 Å². The molecule has 2 aromatic carbocycles. The molecule has 0 radical (unpaired) electrons. The summed E-state index contributed by atoms with van der Waals surface area (Å²) in [6.45, 7) is 12.5. The second-order valence-electron chi connectivity index (χ2n) is 13.6. The van der Waals surface area contributed by atoms with Crippen molar-refractivity contribution in [2.45, 2.75) is 57.5 Å². The number of hydrogen-bond donors (Lipinski definition) is 2. The van der Waals surface area contributed by atoms with Gasteiger partial charge in [0.25, 0.3) is 0 Å². The number of nitrogens with two attached hydrogens (primary N) is 1. The SMILES string of the molecule is CC(C)(C)c1cc(O)c(C2=N[C@@](C)(c3ccc(Cl)cc3)[C@@](C)(c3ccc(Cl)cc3)N2C(=O)N2CCN(CCCS(N)(=O)=O)CC2)cn1. The number of rotatable bonds is 7. The molecule has 1 saturated heterocycles. The van der Waals surface area contributed by atoms with Gasteiger partial charge in [0.05, 0.1) is 11.3 Å². The molecule has 13 heteroatoms. The molecule has 3 heterocycles. The van der Waals surface area contributed by atoms with Crippen molar-refractivity contribution >= 4 is 45.1 Å². The van der Waals surface area contributed by atoms with Crippen LogP contribution in [0.2, 0.25) is 10.0 Å². The average molecular weight is 702 g/mol. The van der Waals surface area contributed by atoms with Gasteiger partial charge in [0.2, 0.25) is 10.0 Å². The number of pyridine rings is 1. The number of sulfonamides is 1. The summed E-state index contributed by atoms with van der Waals surface area (Å²) in [4.78, 5) is 30.5. The Balaban J connectivity index is 1.61. The molecule has 2 atom stereocenters. The minimum Gasteiger partial charge on any atom is -0.507 e. The maximum Gasteiger partial charge on any atom is 0.326 e. The van der Waals surface area contributed by atoms with Crippen LogP contribution >= 0.6 is 23.2 Å². The molecule has 1 fully saturated rings. The van der Waals surface area contributed by atoms with Crippen LogP contribution in [0, 0.1) is 0 Å². The van der Waals surface area contributed by atoms with Crippen molar-refractivity contribution in [1.29, 1.82) is 0 Å². The Labute approximate surface area is 287 Å². The highest BCUT2D eigenvalue weighted by Gasteiger charge is 2.60. The van der Waals surface area contributed by atoms with Gasteiger partial charge in [-0.15, -0.1) is 0 Å². The third-order valence-corrected chi connectivity index (χ3v) is 10.7. The number of urea groups is 1. The zero-order valence-electron chi connectivity index (χ0n) is 27.4. The minimum absolute atomic E-state index is 0.0278. The number of primary sulfonamides is 1. The fourth-order valence-electron chi connectivity index (χ4n) is 6.39. The predicted molar refractivity (Wildman–Crippen MR) is 187 cm³/mol. The van der Waals surface area contributed by atoms with Gasteiger partial charge in [-0.3, -0.25) is 19.8 Å². The molecule has 252 valence electrons. The van der Waals surface area contributed by atoms with Gasteiger partial charge in [0.1, 0.15) is 22.7 Å². The molecule has 2 aliphatic heterocycles. The van der Waals surface area contributed by atoms with E-state index in [9.17, 15) is 18.3 Å². The molecular formula is C34H42Cl2N6O4S. The van der Waals surface area contributed by atoms with Crippen LogP contribution in [0.1, 0.15) is 63.4 Å². The fourth-order valence-corrected chi connectivity index (χ4v) is 7.17. The number of amidine groups is 1. The number of hydrogen-bond acceptors (Lipinski definition) is 7. The summed E-state index contributed by atoms with van der Waals surface area (Å²) in [7, 11) is -3.54. The maximum atomic E-state index is 14.9. The predicted octanol–water partition coefficient (Wildman–Crippen LogP) is 5.70. The van der Waals surface area contributed by atoms with Gasteiger partial charge in [0, 0.05) is 59.6 Å². The lowest BCUT2D eigenvalue weighted by atomic mass is 9.71. The lowest BCUT2D eigenvalue weighted by molar-refractivity contribution is 0.0868. The van der Waals surface area contributed by atoms with E-state index in [0.717, 1.165) is 11.1 Å². The van der Waals surface area contributed by atoms with E-state index in [1.165, 1.54) is 0 Å². The summed E-state index contributed by atoms with van der Waals surface area (Å²) in [5.41, 5.74) is 0.214. The Morgan fingerprint density at radius 3 is 2.02 bits per heavy atom. The Hall–Kier alpha value is -3.22. The first-order valence-corrected chi connectivity index (χ1v) is 18.0. The van der Waals surface area contributed by atoms with Gasteiger partial charge in [-0.25, -0.2) is 18.4 Å². The number of carbonyl (C=O) groups is 1. The highest BCUT2D eigenvalue weighted by molar-refractivity contribution is 7.89. The number of piperazine rings is 1. The quantitative estimate of drug-likeness (QED) is 0.325. The van der Waals surface area contributed by atoms with E-state index in [0.29, 0.717) is 66.3 Å². The highest BCUT2D eigenvalue weighted by Crippen LogP contribution is 2.54. The van der Waals surface area contributed by atoms with E-state index in [1.807, 2.05) is 58.9 Å². The molecule has 0 spiro atoms. The number of benzene rings is 2. The molecular weight excluding hydrogens is 659 g/mol. The standard InChI is InChI=1S/C34H42Cl2N6O4S/c1-32(2,3)29-21-28(43)27(22-38-29)30-39-33(4,23-7-11-25(35)12-8-23)34(5,24-9-13-26(36)14-10-24)42(30)31(44)41-18-16-40(17-19-41)15-6-20-47(37,45)46/h7-14,21-22H,6,15-20H2,1-5H3,(H,38,43)(H2,37,45,46)/t33-,34+/m0/s1. The van der Waals surface area contributed by atoms with Crippen LogP contribution in [0.5, 0.6) is 5.75 Å². The molecule has 3 aromatic rings. The van der Waals surface area contributed by atoms with Crippen LogP contribution < -0.4 is 5.14 Å². The van der Waals surface area contributed by atoms with E-state index in [-0.39, 0.29) is 22.9 Å². The first-order valence-electron chi connectivity index (χ1n) is 15.6. The zero-order chi connectivity index (χ0) is 34.4. The molecule has 0 aliphatic carbocycles. The maximum absolute atomic E-state index is 14.9. The second kappa shape index (κ2) is 13.0. The average Bonchev–Trinajstić information content (AvgIpc) is 3.24. The number of aliphatic imine (C=N–C) groups is 1. The summed E-state index contributed by atoms with van der Waals surface area (Å²) < 4.78 is 22.8. The summed E-state index contributed by atoms with van der Waals surface area (Å²) in [5, 5.41) is 17.8. The summed E-state index contributed by atoms with van der Waals surface area (Å²) >= 11 is 12.7. The summed E-state index contributed by atoms with van der Waals surface area (Å²) in [5.74, 6) is 0.180. The van der Waals surface area contributed by atoms with Crippen molar-refractivity contribution in [2.75, 3.05) is 38.5 Å². The lowest BCUT2D eigenvalue weighted by Crippen LogP contribution is -2.60. The van der Waals surface area contributed by atoms with Crippen molar-refractivity contribution in [3.05, 3.63) is 93.2 Å². The second-order valence-corrected chi connectivity index (χ2v) is 16.2. The van der Waals surface area contributed by atoms with Gasteiger partial charge in [-0.1, -0.05) is 68.2 Å². The van der Waals surface area contributed by atoms with Crippen molar-refractivity contribution < 1.29 is 18.3 Å². The van der Waals surface area contributed by atoms with Gasteiger partial charge in [-0.2, -0.15) is 0 Å². The normalized spacial score (nSPS) is 22.4. The monoisotopic (exact) mass is 700 g/mol. The molecule has 3 N–H and O–H groups in total. The van der Waals surface area contributed by atoms with Gasteiger partial charge in [-0.05, 0) is 62.2 Å². The number of halogens is 2. The van der Waals surface area contributed by atoms with E-state index in [2.05, 4.69) is 4.90 Å². The topological polar surface area (TPSA) is 132 Å². The molecule has 0 bridgehead atoms. The smallest absolute Gasteiger partial charge is 0.326 e. The van der Waals surface area contributed by atoms with Crippen LogP contribution in [-0.4, -0.2) is 83.6 Å². The van der Waals surface area contributed by atoms with Crippen LogP contribution in [0.3, 0.4) is 0 Å². The highest BCUT2D eigenvalue weighted by atomic mass is 35.5. The summed E-state index contributed by atoms with van der Waals surface area (Å²) in [6, 6.07) is 16.2. The van der Waals surface area contributed by atoms with Crippen LogP contribution in [0.4, 0.5) is 4.79 Å². The van der Waals surface area contributed by atoms with Crippen LogP contribution in [0.25, 0.3) is 0 Å². The van der Waals surface area contributed by atoms with Crippen molar-refractivity contribution in [3.63, 3.8) is 0 Å². The number of aromatic nitrogens is 1. The third kappa shape index (κ3) is 7.00. The number of amides is 2. The Bertz CT molecular complexity index is 1770. The Morgan fingerprint density at radius 2 is 1.51 bits per heavy atom. The molecule has 1 aromatic heterocycles. The molecule has 2 aliphatic rings. The largest absolute Gasteiger partial charge is 0.507 e. The van der Waals surface area contributed by atoms with E-state index < -0.39 is 21.1 Å². The molecule has 47 heavy (non-hydrogen) atoms. The van der Waals surface area contributed by atoms with E-state index in [1.54, 1.807) is 46.3 Å². The van der Waals surface area contributed by atoms with Gasteiger partial charge >= 0.3 is 6.03 Å². The van der Waals surface area contributed by atoms with Gasteiger partial charge in [0.15, 0.2) is 0 Å². The minimum atomic E-state index is -3.54. The molecule has 0 saturated carbocycles. The van der Waals surface area contributed by atoms with Crippen LogP contribution in [0.15, 0.2) is 65.8 Å². The third-order valence-electron chi connectivity index (χ3n) is 9.38. The molecule has 2 amide bonds. The van der Waals surface area contributed by atoms with Crippen molar-refractivity contribution in [3.8, 4) is 5.75 Å². The Kier molecular flexibility index (Phi) is 9.71. The number of carbonyl (C=O) groups excluding carboxylic acids is 1. The summed E-state index contributed by atoms with van der Waals surface area (Å²) in [6.07, 6.45) is 2.01.